The van der Waals surface area contributed by atoms with Gasteiger partial charge in [0.2, 0.25) is 5.91 Å². The van der Waals surface area contributed by atoms with Crippen LogP contribution in [0.3, 0.4) is 0 Å². The first-order valence-corrected chi connectivity index (χ1v) is 9.27. The molecular weight excluding hydrogens is 359 g/mol. The fourth-order valence-corrected chi connectivity index (χ4v) is 3.59. The Kier molecular flexibility index (Phi) is 5.99. The van der Waals surface area contributed by atoms with E-state index >= 15 is 0 Å². The number of pyridine rings is 1. The molecule has 1 aromatic carbocycles. The molecule has 3 rings (SSSR count). The van der Waals surface area contributed by atoms with E-state index in [2.05, 4.69) is 14.9 Å². The van der Waals surface area contributed by atoms with E-state index in [1.165, 1.54) is 12.3 Å². The molecule has 1 aromatic heterocycles. The molecule has 0 radical (unpaired) electrons. The van der Waals surface area contributed by atoms with Gasteiger partial charge in [-0.1, -0.05) is 0 Å². The van der Waals surface area contributed by atoms with Gasteiger partial charge in [0.25, 0.3) is 0 Å². The minimum atomic E-state index is -0.635. The van der Waals surface area contributed by atoms with Gasteiger partial charge < -0.3 is 20.9 Å². The first kappa shape index (κ1) is 19.9. The number of aliphatic imine (C=N–C) groups is 1. The van der Waals surface area contributed by atoms with Crippen molar-refractivity contribution in [1.29, 1.82) is 5.41 Å². The predicted octanol–water partition coefficient (Wildman–Crippen LogP) is 2.01. The van der Waals surface area contributed by atoms with Crippen LogP contribution in [-0.4, -0.2) is 61.4 Å². The lowest BCUT2D eigenvalue weighted by molar-refractivity contribution is -0.131. The van der Waals surface area contributed by atoms with Gasteiger partial charge in [-0.15, -0.1) is 0 Å². The third-order valence-electron chi connectivity index (χ3n) is 5.02. The highest BCUT2D eigenvalue weighted by atomic mass is 19.1. The second-order valence-corrected chi connectivity index (χ2v) is 6.90. The zero-order valence-corrected chi connectivity index (χ0v) is 16.1. The summed E-state index contributed by atoms with van der Waals surface area (Å²) in [5.41, 5.74) is 8.25. The van der Waals surface area contributed by atoms with E-state index in [-0.39, 0.29) is 17.8 Å². The Balaban J connectivity index is 1.89. The van der Waals surface area contributed by atoms with Crippen molar-refractivity contribution < 1.29 is 9.18 Å². The average molecular weight is 384 g/mol. The van der Waals surface area contributed by atoms with Crippen molar-refractivity contribution in [1.82, 2.24) is 9.88 Å². The zero-order chi connectivity index (χ0) is 20.3. The number of benzene rings is 1. The molecule has 148 valence electrons. The maximum absolute atomic E-state index is 14.5. The number of nitrogens with zero attached hydrogens (tertiary/aromatic N) is 4. The smallest absolute Gasteiger partial charge is 0.236 e. The Labute approximate surface area is 163 Å². The van der Waals surface area contributed by atoms with E-state index in [1.54, 1.807) is 30.3 Å². The highest BCUT2D eigenvalue weighted by Crippen LogP contribution is 2.35. The molecule has 8 heteroatoms. The summed E-state index contributed by atoms with van der Waals surface area (Å²) in [6.45, 7) is 3.99. The molecule has 3 N–H and O–H groups in total. The molecule has 7 nitrogen and oxygen atoms in total. The third kappa shape index (κ3) is 3.73. The molecule has 0 saturated carbocycles. The number of rotatable bonds is 5. The number of piperazine rings is 1. The van der Waals surface area contributed by atoms with Crippen LogP contribution in [0.5, 0.6) is 0 Å². The number of hydrogen-bond acceptors (Lipinski definition) is 6. The molecule has 1 aliphatic rings. The molecule has 2 atom stereocenters. The number of nitrogens with two attached hydrogens (primary N) is 1. The van der Waals surface area contributed by atoms with Crippen molar-refractivity contribution in [2.24, 2.45) is 16.6 Å². The van der Waals surface area contributed by atoms with E-state index < -0.39 is 5.92 Å². The summed E-state index contributed by atoms with van der Waals surface area (Å²) in [6, 6.07) is 4.57. The first-order valence-electron chi connectivity index (χ1n) is 9.27. The molecule has 0 bridgehead atoms. The van der Waals surface area contributed by atoms with Crippen LogP contribution in [0, 0.1) is 17.1 Å². The van der Waals surface area contributed by atoms with Crippen LogP contribution in [-0.2, 0) is 4.79 Å². The maximum atomic E-state index is 14.5. The topological polar surface area (TPSA) is 98.7 Å². The van der Waals surface area contributed by atoms with Crippen molar-refractivity contribution in [3.63, 3.8) is 0 Å². The normalized spacial score (nSPS) is 17.1. The minimum Gasteiger partial charge on any atom is -0.366 e. The van der Waals surface area contributed by atoms with Gasteiger partial charge in [0.05, 0.1) is 11.2 Å². The van der Waals surface area contributed by atoms with Gasteiger partial charge in [-0.25, -0.2) is 4.39 Å². The fourth-order valence-electron chi connectivity index (χ4n) is 3.59. The number of aromatic nitrogens is 1. The molecule has 2 aromatic rings. The van der Waals surface area contributed by atoms with Crippen molar-refractivity contribution in [2.45, 2.75) is 13.0 Å². The van der Waals surface area contributed by atoms with Crippen molar-refractivity contribution in [2.75, 3.05) is 38.1 Å². The number of carbonyl (C=O) groups is 1. The largest absolute Gasteiger partial charge is 0.366 e. The number of anilines is 1. The van der Waals surface area contributed by atoms with Gasteiger partial charge in [-0.05, 0) is 30.7 Å². The average Bonchev–Trinajstić information content (AvgIpc) is 2.71. The summed E-state index contributed by atoms with van der Waals surface area (Å²) < 4.78 is 14.5. The second-order valence-electron chi connectivity index (χ2n) is 6.90. The van der Waals surface area contributed by atoms with E-state index in [9.17, 15) is 9.18 Å². The van der Waals surface area contributed by atoms with E-state index in [0.717, 1.165) is 11.9 Å². The Morgan fingerprint density at radius 3 is 2.71 bits per heavy atom. The lowest BCUT2D eigenvalue weighted by Crippen LogP contribution is -2.51. The number of fused-ring (bicyclic) bond motifs is 1. The van der Waals surface area contributed by atoms with E-state index in [4.69, 9.17) is 11.1 Å². The van der Waals surface area contributed by atoms with Crippen LogP contribution in [0.15, 0.2) is 29.4 Å². The molecular formula is C20H25FN6O. The van der Waals surface area contributed by atoms with E-state index in [1.807, 2.05) is 6.92 Å². The molecule has 1 aliphatic heterocycles. The summed E-state index contributed by atoms with van der Waals surface area (Å²) in [4.78, 5) is 24.7. The number of halogens is 1. The van der Waals surface area contributed by atoms with Crippen LogP contribution >= 0.6 is 0 Å². The number of nitrogens with one attached hydrogen (secondary N) is 1. The molecule has 1 fully saturated rings. The molecule has 1 saturated heterocycles. The lowest BCUT2D eigenvalue weighted by atomic mass is 10.0. The third-order valence-corrected chi connectivity index (χ3v) is 5.02. The summed E-state index contributed by atoms with van der Waals surface area (Å²) in [6.07, 6.45) is 4.23. The fraction of sp³-hybridized carbons (Fsp3) is 0.400. The van der Waals surface area contributed by atoms with Gasteiger partial charge >= 0.3 is 0 Å². The van der Waals surface area contributed by atoms with Gasteiger partial charge in [0.1, 0.15) is 11.7 Å². The number of amides is 1. The van der Waals surface area contributed by atoms with Crippen LogP contribution in [0.25, 0.3) is 10.9 Å². The Morgan fingerprint density at radius 2 is 2.11 bits per heavy atom. The van der Waals surface area contributed by atoms with Crippen molar-refractivity contribution in [3.05, 3.63) is 35.8 Å². The van der Waals surface area contributed by atoms with Gasteiger partial charge in [-0.3, -0.25) is 14.8 Å². The van der Waals surface area contributed by atoms with Crippen LogP contribution in [0.2, 0.25) is 0 Å². The molecule has 1 amide bonds. The molecule has 2 unspecified atom stereocenters. The summed E-state index contributed by atoms with van der Waals surface area (Å²) in [5.74, 6) is -1.10. The SMILES string of the molecule is CN=CC(C=N)C(=O)N1CCN(c2c(C(C)N)cc(F)c3cccnc23)CC1. The predicted molar refractivity (Wildman–Crippen MR) is 110 cm³/mol. The minimum absolute atomic E-state index is 0.130. The van der Waals surface area contributed by atoms with Gasteiger partial charge in [0.15, 0.2) is 0 Å². The van der Waals surface area contributed by atoms with Crippen LogP contribution in [0.1, 0.15) is 18.5 Å². The maximum Gasteiger partial charge on any atom is 0.236 e. The van der Waals surface area contributed by atoms with Gasteiger partial charge in [0, 0.05) is 63.3 Å². The zero-order valence-electron chi connectivity index (χ0n) is 16.1. The highest BCUT2D eigenvalue weighted by molar-refractivity contribution is 6.07. The van der Waals surface area contributed by atoms with Crippen molar-refractivity contribution >= 4 is 34.9 Å². The summed E-state index contributed by atoms with van der Waals surface area (Å²) in [5, 5.41) is 7.90. The summed E-state index contributed by atoms with van der Waals surface area (Å²) in [7, 11) is 1.59. The van der Waals surface area contributed by atoms with Crippen molar-refractivity contribution in [3.8, 4) is 0 Å². The summed E-state index contributed by atoms with van der Waals surface area (Å²) >= 11 is 0. The monoisotopic (exact) mass is 384 g/mol. The Hall–Kier alpha value is -2.87. The molecule has 2 heterocycles. The van der Waals surface area contributed by atoms with Crippen LogP contribution < -0.4 is 10.6 Å². The number of carbonyl (C=O) groups excluding carboxylic acids is 1. The lowest BCUT2D eigenvalue weighted by Gasteiger charge is -2.38. The quantitative estimate of drug-likeness (QED) is 0.771. The standard InChI is InChI=1S/C20H25FN6O/c1-13(23)16-10-17(21)15-4-3-5-25-18(15)19(16)26-6-8-27(9-7-26)20(28)14(11-22)12-24-2/h3-5,10-14,22H,6-9,23H2,1-2H3. The molecule has 0 aliphatic carbocycles. The molecule has 28 heavy (non-hydrogen) atoms. The Bertz CT molecular complexity index is 905. The highest BCUT2D eigenvalue weighted by Gasteiger charge is 2.28. The van der Waals surface area contributed by atoms with E-state index in [0.29, 0.717) is 42.6 Å². The van der Waals surface area contributed by atoms with Gasteiger partial charge in [-0.2, -0.15) is 0 Å². The Morgan fingerprint density at radius 1 is 1.39 bits per heavy atom. The first-order chi connectivity index (χ1) is 13.5. The second kappa shape index (κ2) is 8.43. The van der Waals surface area contributed by atoms with Crippen LogP contribution in [0.4, 0.5) is 10.1 Å². The number of hydrogen-bond donors (Lipinski definition) is 2. The molecule has 0 spiro atoms.